The van der Waals surface area contributed by atoms with Crippen molar-refractivity contribution < 1.29 is 0 Å². The van der Waals surface area contributed by atoms with Crippen molar-refractivity contribution in [3.63, 3.8) is 0 Å². The van der Waals surface area contributed by atoms with E-state index in [1.165, 1.54) is 0 Å². The SMILES string of the molecule is N#Cc1c(Cl)cc(Br)cc1Br. The smallest absolute Gasteiger partial charge is 0.102 e. The molecule has 4 heteroatoms. The topological polar surface area (TPSA) is 23.8 Å². The summed E-state index contributed by atoms with van der Waals surface area (Å²) >= 11 is 12.2. The van der Waals surface area contributed by atoms with Crippen LogP contribution in [0.4, 0.5) is 0 Å². The number of rotatable bonds is 0. The van der Waals surface area contributed by atoms with Crippen LogP contribution in [-0.4, -0.2) is 0 Å². The molecule has 0 atom stereocenters. The van der Waals surface area contributed by atoms with Crippen molar-refractivity contribution in [3.8, 4) is 6.07 Å². The molecular weight excluding hydrogens is 293 g/mol. The summed E-state index contributed by atoms with van der Waals surface area (Å²) in [5, 5.41) is 9.06. The van der Waals surface area contributed by atoms with Gasteiger partial charge in [0.2, 0.25) is 0 Å². The lowest BCUT2D eigenvalue weighted by atomic mass is 10.2. The van der Waals surface area contributed by atoms with E-state index in [0.29, 0.717) is 15.1 Å². The third kappa shape index (κ3) is 1.96. The van der Waals surface area contributed by atoms with Crippen LogP contribution in [0.2, 0.25) is 5.02 Å². The molecule has 0 fully saturated rings. The normalized spacial score (nSPS) is 9.27. The van der Waals surface area contributed by atoms with Gasteiger partial charge in [0.25, 0.3) is 0 Å². The molecule has 0 bridgehead atoms. The van der Waals surface area contributed by atoms with E-state index in [9.17, 15) is 0 Å². The number of benzene rings is 1. The van der Waals surface area contributed by atoms with E-state index in [1.807, 2.05) is 6.07 Å². The quantitative estimate of drug-likeness (QED) is 0.715. The molecule has 11 heavy (non-hydrogen) atoms. The van der Waals surface area contributed by atoms with Gasteiger partial charge in [-0.2, -0.15) is 5.26 Å². The Morgan fingerprint density at radius 1 is 1.36 bits per heavy atom. The zero-order valence-corrected chi connectivity index (χ0v) is 9.16. The lowest BCUT2D eigenvalue weighted by molar-refractivity contribution is 1.46. The predicted octanol–water partition coefficient (Wildman–Crippen LogP) is 3.74. The van der Waals surface area contributed by atoms with Crippen LogP contribution in [0.3, 0.4) is 0 Å². The van der Waals surface area contributed by atoms with E-state index >= 15 is 0 Å². The van der Waals surface area contributed by atoms with E-state index in [1.54, 1.807) is 12.1 Å². The summed E-state index contributed by atoms with van der Waals surface area (Å²) in [6, 6.07) is 5.46. The zero-order valence-electron chi connectivity index (χ0n) is 5.24. The van der Waals surface area contributed by atoms with Gasteiger partial charge in [-0.3, -0.25) is 0 Å². The Hall–Kier alpha value is -0.0400. The van der Waals surface area contributed by atoms with E-state index < -0.39 is 0 Å². The minimum absolute atomic E-state index is 0.453. The van der Waals surface area contributed by atoms with Gasteiger partial charge in [0, 0.05) is 8.95 Å². The van der Waals surface area contributed by atoms with Crippen LogP contribution < -0.4 is 0 Å². The third-order valence-corrected chi connectivity index (χ3v) is 2.50. The molecule has 1 rings (SSSR count). The Bertz CT molecular complexity index is 307. The molecule has 0 saturated heterocycles. The first-order chi connectivity index (χ1) is 5.15. The summed E-state index contributed by atoms with van der Waals surface area (Å²) in [7, 11) is 0. The van der Waals surface area contributed by atoms with Gasteiger partial charge in [-0.05, 0) is 28.1 Å². The van der Waals surface area contributed by atoms with Gasteiger partial charge in [0.1, 0.15) is 6.07 Å². The highest BCUT2D eigenvalue weighted by molar-refractivity contribution is 9.11. The van der Waals surface area contributed by atoms with Crippen molar-refractivity contribution in [2.75, 3.05) is 0 Å². The lowest BCUT2D eigenvalue weighted by Crippen LogP contribution is -1.79. The van der Waals surface area contributed by atoms with Crippen LogP contribution in [0.15, 0.2) is 21.1 Å². The van der Waals surface area contributed by atoms with Crippen LogP contribution in [0.25, 0.3) is 0 Å². The number of nitrogens with zero attached hydrogens (tertiary/aromatic N) is 1. The maximum absolute atomic E-state index is 8.61. The molecule has 0 aliphatic carbocycles. The van der Waals surface area contributed by atoms with E-state index in [2.05, 4.69) is 31.9 Å². The predicted molar refractivity (Wildman–Crippen MR) is 51.6 cm³/mol. The molecule has 0 spiro atoms. The molecule has 0 amide bonds. The molecule has 1 aromatic rings. The van der Waals surface area contributed by atoms with Gasteiger partial charge < -0.3 is 0 Å². The average Bonchev–Trinajstić information content (AvgIpc) is 1.85. The largest absolute Gasteiger partial charge is 0.192 e. The number of hydrogen-bond acceptors (Lipinski definition) is 1. The summed E-state index contributed by atoms with van der Waals surface area (Å²) in [5.41, 5.74) is 0.467. The Morgan fingerprint density at radius 2 is 2.00 bits per heavy atom. The lowest BCUT2D eigenvalue weighted by Gasteiger charge is -1.98. The summed E-state index contributed by atoms with van der Waals surface area (Å²) in [6.07, 6.45) is 0. The minimum Gasteiger partial charge on any atom is -0.192 e. The van der Waals surface area contributed by atoms with Crippen LogP contribution in [0.5, 0.6) is 0 Å². The van der Waals surface area contributed by atoms with Gasteiger partial charge in [0.15, 0.2) is 0 Å². The third-order valence-electron chi connectivity index (χ3n) is 1.12. The van der Waals surface area contributed by atoms with Gasteiger partial charge >= 0.3 is 0 Å². The molecule has 0 saturated carbocycles. The molecule has 1 aromatic carbocycles. The van der Waals surface area contributed by atoms with Gasteiger partial charge in [-0.15, -0.1) is 0 Å². The number of hydrogen-bond donors (Lipinski definition) is 0. The maximum atomic E-state index is 8.61. The second kappa shape index (κ2) is 3.57. The fourth-order valence-corrected chi connectivity index (χ4v) is 2.47. The summed E-state index contributed by atoms with van der Waals surface area (Å²) in [6.45, 7) is 0. The molecule has 56 valence electrons. The summed E-state index contributed by atoms with van der Waals surface area (Å²) < 4.78 is 1.56. The Balaban J connectivity index is 3.40. The maximum Gasteiger partial charge on any atom is 0.102 e. The first-order valence-corrected chi connectivity index (χ1v) is 4.66. The Labute approximate surface area is 86.2 Å². The molecule has 0 aliphatic heterocycles. The highest BCUT2D eigenvalue weighted by Gasteiger charge is 2.04. The van der Waals surface area contributed by atoms with Gasteiger partial charge in [-0.25, -0.2) is 0 Å². The Morgan fingerprint density at radius 3 is 2.45 bits per heavy atom. The van der Waals surface area contributed by atoms with Crippen LogP contribution in [0, 0.1) is 11.3 Å². The standard InChI is InChI=1S/C7H2Br2ClN/c8-4-1-6(9)5(3-11)7(10)2-4/h1-2H. The van der Waals surface area contributed by atoms with Crippen molar-refractivity contribution in [2.24, 2.45) is 0 Å². The average molecular weight is 295 g/mol. The van der Waals surface area contributed by atoms with E-state index in [4.69, 9.17) is 16.9 Å². The molecule has 0 aromatic heterocycles. The highest BCUT2D eigenvalue weighted by Crippen LogP contribution is 2.28. The zero-order chi connectivity index (χ0) is 8.43. The van der Waals surface area contributed by atoms with Crippen LogP contribution >= 0.6 is 43.5 Å². The molecule has 0 heterocycles. The van der Waals surface area contributed by atoms with Crippen molar-refractivity contribution in [1.29, 1.82) is 5.26 Å². The molecule has 0 unspecified atom stereocenters. The van der Waals surface area contributed by atoms with E-state index in [-0.39, 0.29) is 0 Å². The van der Waals surface area contributed by atoms with Crippen molar-refractivity contribution in [3.05, 3.63) is 31.7 Å². The number of nitriles is 1. The number of halogens is 3. The second-order valence-corrected chi connectivity index (χ2v) is 4.03. The fraction of sp³-hybridized carbons (Fsp3) is 0. The minimum atomic E-state index is 0.453. The first-order valence-electron chi connectivity index (χ1n) is 2.70. The van der Waals surface area contributed by atoms with Crippen molar-refractivity contribution in [1.82, 2.24) is 0 Å². The van der Waals surface area contributed by atoms with Crippen molar-refractivity contribution in [2.45, 2.75) is 0 Å². The molecular formula is C7H2Br2ClN. The van der Waals surface area contributed by atoms with Crippen LogP contribution in [-0.2, 0) is 0 Å². The molecule has 0 radical (unpaired) electrons. The van der Waals surface area contributed by atoms with Crippen molar-refractivity contribution >= 4 is 43.5 Å². The van der Waals surface area contributed by atoms with Gasteiger partial charge in [-0.1, -0.05) is 27.5 Å². The molecule has 1 nitrogen and oxygen atoms in total. The molecule has 0 aliphatic rings. The second-order valence-electron chi connectivity index (χ2n) is 1.86. The van der Waals surface area contributed by atoms with Gasteiger partial charge in [0.05, 0.1) is 10.6 Å². The summed E-state index contributed by atoms with van der Waals surface area (Å²) in [5.74, 6) is 0. The van der Waals surface area contributed by atoms with Crippen LogP contribution in [0.1, 0.15) is 5.56 Å². The monoisotopic (exact) mass is 293 g/mol. The highest BCUT2D eigenvalue weighted by atomic mass is 79.9. The first kappa shape index (κ1) is 9.05. The molecule has 0 N–H and O–H groups in total. The van der Waals surface area contributed by atoms with E-state index in [0.717, 1.165) is 4.47 Å². The summed E-state index contributed by atoms with van der Waals surface area (Å²) in [4.78, 5) is 0. The Kier molecular flexibility index (Phi) is 2.94. The fourth-order valence-electron chi connectivity index (χ4n) is 0.649.